The van der Waals surface area contributed by atoms with Crippen LogP contribution in [-0.2, 0) is 28.3 Å². The Morgan fingerprint density at radius 2 is 1.00 bits per heavy atom. The minimum absolute atomic E-state index is 0.0386. The lowest BCUT2D eigenvalue weighted by molar-refractivity contribution is 0.267. The first-order chi connectivity index (χ1) is 12.3. The molecule has 0 aromatic rings. The molecule has 0 aromatic carbocycles. The van der Waals surface area contributed by atoms with E-state index in [4.69, 9.17) is 0 Å². The Kier molecular flexibility index (Phi) is 15.7. The van der Waals surface area contributed by atoms with Gasteiger partial charge in [-0.1, -0.05) is 90.9 Å². The van der Waals surface area contributed by atoms with E-state index in [9.17, 15) is 16.8 Å². The van der Waals surface area contributed by atoms with Crippen LogP contribution in [0.3, 0.4) is 0 Å². The molecule has 0 aromatic heterocycles. The van der Waals surface area contributed by atoms with Gasteiger partial charge in [-0.25, -0.2) is 4.18 Å². The molecule has 8 heteroatoms. The average molecular weight is 415 g/mol. The van der Waals surface area contributed by atoms with Gasteiger partial charge in [0.25, 0.3) is 10.1 Å². The average Bonchev–Trinajstić information content (AvgIpc) is 2.55. The summed E-state index contributed by atoms with van der Waals surface area (Å²) in [5, 5.41) is 0. The van der Waals surface area contributed by atoms with E-state index in [1.165, 1.54) is 32.1 Å². The molecule has 0 aliphatic carbocycles. The van der Waals surface area contributed by atoms with E-state index in [0.717, 1.165) is 44.9 Å². The molecule has 26 heavy (non-hydrogen) atoms. The van der Waals surface area contributed by atoms with Crippen molar-refractivity contribution >= 4 is 20.5 Å². The third kappa shape index (κ3) is 17.2. The summed E-state index contributed by atoms with van der Waals surface area (Å²) in [6.45, 7) is 4.25. The van der Waals surface area contributed by atoms with Crippen LogP contribution in [0.5, 0.6) is 0 Å². The summed E-state index contributed by atoms with van der Waals surface area (Å²) in [5.41, 5.74) is 0. The molecule has 0 heterocycles. The molecule has 6 nitrogen and oxygen atoms in total. The van der Waals surface area contributed by atoms with Crippen LogP contribution in [0.2, 0.25) is 0 Å². The van der Waals surface area contributed by atoms with E-state index in [0.29, 0.717) is 12.8 Å². The third-order valence-corrected chi connectivity index (χ3v) is 6.90. The fraction of sp³-hybridized carbons (Fsp3) is 1.00. The van der Waals surface area contributed by atoms with Gasteiger partial charge in [-0.15, -0.1) is 3.63 Å². The van der Waals surface area contributed by atoms with Gasteiger partial charge >= 0.3 is 10.4 Å². The quantitative estimate of drug-likeness (QED) is 0.273. The van der Waals surface area contributed by atoms with E-state index in [2.05, 4.69) is 21.7 Å². The Morgan fingerprint density at radius 1 is 0.577 bits per heavy atom. The topological polar surface area (TPSA) is 86.7 Å². The molecule has 0 aliphatic rings. The van der Waals surface area contributed by atoms with Gasteiger partial charge in [-0.05, 0) is 12.8 Å². The van der Waals surface area contributed by atoms with E-state index >= 15 is 0 Å². The lowest BCUT2D eigenvalue weighted by atomic mass is 10.1. The van der Waals surface area contributed by atoms with Crippen LogP contribution >= 0.6 is 0 Å². The highest BCUT2D eigenvalue weighted by atomic mass is 32.3. The van der Waals surface area contributed by atoms with Gasteiger partial charge in [0.15, 0.2) is 0 Å². The summed E-state index contributed by atoms with van der Waals surface area (Å²) in [7, 11) is -8.59. The Morgan fingerprint density at radius 3 is 1.50 bits per heavy atom. The normalized spacial score (nSPS) is 12.5. The van der Waals surface area contributed by atoms with Gasteiger partial charge in [0.1, 0.15) is 0 Å². The Labute approximate surface area is 161 Å². The monoisotopic (exact) mass is 414 g/mol. The summed E-state index contributed by atoms with van der Waals surface area (Å²) in [5.74, 6) is -0.291. The maximum Gasteiger partial charge on any atom is 0.414 e. The molecule has 158 valence electrons. The summed E-state index contributed by atoms with van der Waals surface area (Å²) in [6.07, 6.45) is 13.9. The first kappa shape index (κ1) is 25.8. The Bertz CT molecular complexity index is 514. The van der Waals surface area contributed by atoms with Gasteiger partial charge in [0.05, 0.1) is 12.4 Å². The van der Waals surface area contributed by atoms with Crippen LogP contribution in [-0.4, -0.2) is 29.2 Å². The first-order valence-corrected chi connectivity index (χ1v) is 13.1. The van der Waals surface area contributed by atoms with Crippen molar-refractivity contribution in [3.63, 3.8) is 0 Å². The van der Waals surface area contributed by atoms with Gasteiger partial charge in [0.2, 0.25) is 0 Å². The minimum Gasteiger partial charge on any atom is -0.247 e. The van der Waals surface area contributed by atoms with Gasteiger partial charge < -0.3 is 0 Å². The fourth-order valence-electron chi connectivity index (χ4n) is 2.64. The molecular weight excluding hydrogens is 376 g/mol. The van der Waals surface area contributed by atoms with Crippen LogP contribution in [0.25, 0.3) is 0 Å². The molecule has 0 aliphatic heterocycles. The van der Waals surface area contributed by atoms with Crippen LogP contribution in [0.15, 0.2) is 0 Å². The predicted molar refractivity (Wildman–Crippen MR) is 106 cm³/mol. The number of rotatable bonds is 19. The van der Waals surface area contributed by atoms with Crippen molar-refractivity contribution in [2.24, 2.45) is 0 Å². The second-order valence-corrected chi connectivity index (χ2v) is 9.92. The smallest absolute Gasteiger partial charge is 0.247 e. The maximum absolute atomic E-state index is 11.7. The first-order valence-electron chi connectivity index (χ1n) is 10.2. The lowest BCUT2D eigenvalue weighted by Crippen LogP contribution is -2.19. The van der Waals surface area contributed by atoms with Crippen LogP contribution < -0.4 is 0 Å². The highest BCUT2D eigenvalue weighted by Gasteiger charge is 2.23. The summed E-state index contributed by atoms with van der Waals surface area (Å²) >= 11 is 0. The molecule has 0 saturated heterocycles. The molecule has 0 fully saturated rings. The summed E-state index contributed by atoms with van der Waals surface area (Å²) in [4.78, 5) is 0. The molecule has 0 spiro atoms. The molecule has 0 saturated carbocycles. The molecule has 0 atom stereocenters. The number of unbranched alkanes of at least 4 members (excludes halogenated alkanes) is 12. The van der Waals surface area contributed by atoms with E-state index in [1.807, 2.05) is 0 Å². The van der Waals surface area contributed by atoms with E-state index < -0.39 is 20.5 Å². The van der Waals surface area contributed by atoms with Crippen molar-refractivity contribution in [3.8, 4) is 0 Å². The lowest BCUT2D eigenvalue weighted by Gasteiger charge is -2.07. The van der Waals surface area contributed by atoms with E-state index in [1.54, 1.807) is 0 Å². The van der Waals surface area contributed by atoms with Crippen molar-refractivity contribution in [2.75, 3.05) is 12.4 Å². The number of hydrogen-bond acceptors (Lipinski definition) is 6. The van der Waals surface area contributed by atoms with Crippen molar-refractivity contribution in [3.05, 3.63) is 0 Å². The van der Waals surface area contributed by atoms with Gasteiger partial charge in [-0.2, -0.15) is 16.8 Å². The zero-order chi connectivity index (χ0) is 19.7. The van der Waals surface area contributed by atoms with Crippen molar-refractivity contribution in [1.29, 1.82) is 0 Å². The standard InChI is InChI=1S/C18H38O6S2/c1-3-5-7-9-11-13-15-17-23-26(21,22)24-25(19,20)18-16-14-12-10-8-6-4-2/h3-18H2,1-2H3. The van der Waals surface area contributed by atoms with Crippen LogP contribution in [0.4, 0.5) is 0 Å². The molecule has 0 N–H and O–H groups in total. The molecule has 0 radical (unpaired) electrons. The summed E-state index contributed by atoms with van der Waals surface area (Å²) < 4.78 is 55.6. The SMILES string of the molecule is CCCCCCCCCOS(=O)(=O)OS(=O)(=O)CCCCCCCCC. The predicted octanol–water partition coefficient (Wildman–Crippen LogP) is 5.10. The second-order valence-electron chi connectivity index (χ2n) is 6.80. The van der Waals surface area contributed by atoms with Crippen molar-refractivity contribution < 1.29 is 24.6 Å². The highest BCUT2D eigenvalue weighted by Crippen LogP contribution is 2.12. The van der Waals surface area contributed by atoms with Crippen molar-refractivity contribution in [2.45, 2.75) is 104 Å². The number of hydrogen-bond donors (Lipinski definition) is 0. The minimum atomic E-state index is -4.48. The highest BCUT2D eigenvalue weighted by molar-refractivity contribution is 7.97. The van der Waals surface area contributed by atoms with Crippen molar-refractivity contribution in [1.82, 2.24) is 0 Å². The Balaban J connectivity index is 3.82. The fourth-order valence-corrected chi connectivity index (χ4v) is 4.96. The second kappa shape index (κ2) is 15.8. The molecule has 0 bridgehead atoms. The van der Waals surface area contributed by atoms with Gasteiger partial charge in [0, 0.05) is 0 Å². The maximum atomic E-state index is 11.7. The zero-order valence-electron chi connectivity index (χ0n) is 16.6. The molecule has 0 amide bonds. The van der Waals surface area contributed by atoms with E-state index in [-0.39, 0.29) is 12.4 Å². The third-order valence-electron chi connectivity index (χ3n) is 4.16. The summed E-state index contributed by atoms with van der Waals surface area (Å²) in [6, 6.07) is 0. The molecule has 0 rings (SSSR count). The largest absolute Gasteiger partial charge is 0.414 e. The van der Waals surface area contributed by atoms with Crippen LogP contribution in [0, 0.1) is 0 Å². The van der Waals surface area contributed by atoms with Gasteiger partial charge in [-0.3, -0.25) is 0 Å². The van der Waals surface area contributed by atoms with Crippen LogP contribution in [0.1, 0.15) is 104 Å². The Hall–Kier alpha value is -0.180. The molecular formula is C18H38O6S2. The molecule has 0 unspecified atom stereocenters. The zero-order valence-corrected chi connectivity index (χ0v) is 18.2.